The second-order valence-corrected chi connectivity index (χ2v) is 4.88. The maximum atomic E-state index is 12.5. The molecule has 0 aliphatic rings. The third-order valence-corrected chi connectivity index (χ3v) is 3.11. The Morgan fingerprint density at radius 3 is 2.29 bits per heavy atom. The minimum absolute atomic E-state index is 0.149. The molecule has 0 spiro atoms. The zero-order valence-electron chi connectivity index (χ0n) is 10.2. The molecule has 0 aliphatic carbocycles. The third kappa shape index (κ3) is 2.85. The lowest BCUT2D eigenvalue weighted by molar-refractivity contribution is -0.137. The molecule has 3 aromatic rings. The van der Waals surface area contributed by atoms with Crippen LogP contribution in [0, 0.1) is 0 Å². The van der Waals surface area contributed by atoms with E-state index in [0.717, 1.165) is 12.1 Å². The van der Waals surface area contributed by atoms with Gasteiger partial charge in [0.05, 0.1) is 5.56 Å². The molecular formula is C13H6BrF3N2O2. The first-order valence-corrected chi connectivity index (χ1v) is 6.50. The normalized spacial score (nSPS) is 11.8. The van der Waals surface area contributed by atoms with Crippen molar-refractivity contribution in [1.82, 2.24) is 10.1 Å². The number of hydrogen-bond donors (Lipinski definition) is 0. The summed E-state index contributed by atoms with van der Waals surface area (Å²) in [6.45, 7) is 0. The summed E-state index contributed by atoms with van der Waals surface area (Å²) in [5.41, 5.74) is -0.312. The molecule has 0 fully saturated rings. The van der Waals surface area contributed by atoms with Crippen molar-refractivity contribution in [1.29, 1.82) is 0 Å². The molecule has 0 unspecified atom stereocenters. The highest BCUT2D eigenvalue weighted by molar-refractivity contribution is 9.10. The van der Waals surface area contributed by atoms with Crippen LogP contribution >= 0.6 is 15.9 Å². The summed E-state index contributed by atoms with van der Waals surface area (Å²) in [5.74, 6) is 0.703. The predicted molar refractivity (Wildman–Crippen MR) is 70.1 cm³/mol. The molecule has 2 heterocycles. The van der Waals surface area contributed by atoms with Gasteiger partial charge in [-0.25, -0.2) is 0 Å². The molecule has 3 rings (SSSR count). The van der Waals surface area contributed by atoms with E-state index in [1.54, 1.807) is 12.1 Å². The van der Waals surface area contributed by atoms with E-state index in [1.807, 2.05) is 0 Å². The lowest BCUT2D eigenvalue weighted by Gasteiger charge is -2.05. The first kappa shape index (κ1) is 13.9. The maximum absolute atomic E-state index is 12.5. The summed E-state index contributed by atoms with van der Waals surface area (Å²) in [5, 5.41) is 3.72. The topological polar surface area (TPSA) is 52.1 Å². The van der Waals surface area contributed by atoms with Gasteiger partial charge in [0.1, 0.15) is 0 Å². The molecule has 2 aromatic heterocycles. The highest BCUT2D eigenvalue weighted by Crippen LogP contribution is 2.31. The van der Waals surface area contributed by atoms with Crippen molar-refractivity contribution in [3.05, 3.63) is 46.6 Å². The largest absolute Gasteiger partial charge is 0.444 e. The van der Waals surface area contributed by atoms with E-state index in [4.69, 9.17) is 8.94 Å². The number of aromatic nitrogens is 2. The predicted octanol–water partition coefficient (Wildman–Crippen LogP) is 4.78. The van der Waals surface area contributed by atoms with E-state index < -0.39 is 11.7 Å². The Kier molecular flexibility index (Phi) is 3.32. The molecule has 21 heavy (non-hydrogen) atoms. The lowest BCUT2D eigenvalue weighted by atomic mass is 10.1. The summed E-state index contributed by atoms with van der Waals surface area (Å²) in [6.07, 6.45) is -4.37. The third-order valence-electron chi connectivity index (χ3n) is 2.68. The second-order valence-electron chi connectivity index (χ2n) is 4.10. The Morgan fingerprint density at radius 2 is 1.71 bits per heavy atom. The van der Waals surface area contributed by atoms with Crippen LogP contribution in [-0.4, -0.2) is 10.1 Å². The standard InChI is InChI=1S/C13H6BrF3N2O2/c14-10-6-5-9(20-10)12-18-11(19-21-12)7-1-3-8(4-2-7)13(15,16)17/h1-6H. The monoisotopic (exact) mass is 358 g/mol. The molecule has 0 bridgehead atoms. The smallest absolute Gasteiger partial charge is 0.416 e. The van der Waals surface area contributed by atoms with Crippen molar-refractivity contribution >= 4 is 15.9 Å². The Morgan fingerprint density at radius 1 is 1.00 bits per heavy atom. The first-order valence-electron chi connectivity index (χ1n) is 5.70. The van der Waals surface area contributed by atoms with E-state index >= 15 is 0 Å². The average molecular weight is 359 g/mol. The van der Waals surface area contributed by atoms with Crippen LogP contribution in [0.2, 0.25) is 0 Å². The summed E-state index contributed by atoms with van der Waals surface area (Å²) in [4.78, 5) is 4.08. The molecule has 0 saturated carbocycles. The molecule has 0 amide bonds. The zero-order valence-corrected chi connectivity index (χ0v) is 11.8. The van der Waals surface area contributed by atoms with Gasteiger partial charge in [-0.3, -0.25) is 0 Å². The fourth-order valence-electron chi connectivity index (χ4n) is 1.68. The average Bonchev–Trinajstić information content (AvgIpc) is 3.06. The van der Waals surface area contributed by atoms with E-state index in [2.05, 4.69) is 26.1 Å². The van der Waals surface area contributed by atoms with E-state index in [1.165, 1.54) is 12.1 Å². The Hall–Kier alpha value is -2.09. The molecule has 0 atom stereocenters. The molecule has 0 saturated heterocycles. The summed E-state index contributed by atoms with van der Waals surface area (Å²) < 4.78 is 48.2. The van der Waals surface area contributed by atoms with E-state index in [0.29, 0.717) is 16.0 Å². The molecule has 4 nitrogen and oxygen atoms in total. The summed E-state index contributed by atoms with van der Waals surface area (Å²) in [6, 6.07) is 7.81. The van der Waals surface area contributed by atoms with Crippen LogP contribution in [0.15, 0.2) is 50.0 Å². The van der Waals surface area contributed by atoms with Gasteiger partial charge in [0, 0.05) is 5.56 Å². The molecule has 108 valence electrons. The number of rotatable bonds is 2. The van der Waals surface area contributed by atoms with Crippen LogP contribution < -0.4 is 0 Å². The van der Waals surface area contributed by atoms with Gasteiger partial charge in [-0.15, -0.1) is 0 Å². The number of furan rings is 1. The van der Waals surface area contributed by atoms with Crippen LogP contribution in [0.5, 0.6) is 0 Å². The molecular weight excluding hydrogens is 353 g/mol. The Balaban J connectivity index is 1.90. The van der Waals surface area contributed by atoms with Crippen molar-refractivity contribution in [2.24, 2.45) is 0 Å². The van der Waals surface area contributed by atoms with E-state index in [-0.39, 0.29) is 11.7 Å². The summed E-state index contributed by atoms with van der Waals surface area (Å²) >= 11 is 3.14. The molecule has 0 aliphatic heterocycles. The van der Waals surface area contributed by atoms with Gasteiger partial charge in [-0.2, -0.15) is 18.2 Å². The number of nitrogens with zero attached hydrogens (tertiary/aromatic N) is 2. The number of benzene rings is 1. The van der Waals surface area contributed by atoms with Crippen LogP contribution in [0.3, 0.4) is 0 Å². The number of alkyl halides is 3. The fourth-order valence-corrected chi connectivity index (χ4v) is 1.98. The Labute approximate surface area is 124 Å². The van der Waals surface area contributed by atoms with Gasteiger partial charge >= 0.3 is 6.18 Å². The SMILES string of the molecule is FC(F)(F)c1ccc(-c2noc(-c3ccc(Br)o3)n2)cc1. The summed E-state index contributed by atoms with van der Waals surface area (Å²) in [7, 11) is 0. The minimum Gasteiger partial charge on any atom is -0.444 e. The van der Waals surface area contributed by atoms with Crippen molar-refractivity contribution in [2.45, 2.75) is 6.18 Å². The molecule has 8 heteroatoms. The zero-order chi connectivity index (χ0) is 15.0. The highest BCUT2D eigenvalue weighted by Gasteiger charge is 2.30. The minimum atomic E-state index is -4.37. The van der Waals surface area contributed by atoms with Crippen molar-refractivity contribution in [3.63, 3.8) is 0 Å². The van der Waals surface area contributed by atoms with Gasteiger partial charge in [0.25, 0.3) is 5.89 Å². The van der Waals surface area contributed by atoms with E-state index in [9.17, 15) is 13.2 Å². The Bertz CT molecular complexity index is 762. The van der Waals surface area contributed by atoms with Gasteiger partial charge in [-0.05, 0) is 40.2 Å². The second kappa shape index (κ2) is 5.03. The van der Waals surface area contributed by atoms with Crippen molar-refractivity contribution in [3.8, 4) is 23.0 Å². The first-order chi connectivity index (χ1) is 9.93. The molecule has 0 N–H and O–H groups in total. The van der Waals surface area contributed by atoms with Gasteiger partial charge in [-0.1, -0.05) is 17.3 Å². The van der Waals surface area contributed by atoms with Crippen LogP contribution in [0.1, 0.15) is 5.56 Å². The lowest BCUT2D eigenvalue weighted by Crippen LogP contribution is -2.04. The van der Waals surface area contributed by atoms with Gasteiger partial charge in [0.2, 0.25) is 5.82 Å². The quantitative estimate of drug-likeness (QED) is 0.661. The highest BCUT2D eigenvalue weighted by atomic mass is 79.9. The van der Waals surface area contributed by atoms with Crippen LogP contribution in [0.4, 0.5) is 13.2 Å². The van der Waals surface area contributed by atoms with Gasteiger partial charge < -0.3 is 8.94 Å². The van der Waals surface area contributed by atoms with Crippen molar-refractivity contribution in [2.75, 3.05) is 0 Å². The van der Waals surface area contributed by atoms with Crippen molar-refractivity contribution < 1.29 is 22.1 Å². The van der Waals surface area contributed by atoms with Crippen LogP contribution in [0.25, 0.3) is 23.0 Å². The van der Waals surface area contributed by atoms with Crippen LogP contribution in [-0.2, 0) is 6.18 Å². The maximum Gasteiger partial charge on any atom is 0.416 e. The van der Waals surface area contributed by atoms with Gasteiger partial charge in [0.15, 0.2) is 10.4 Å². The number of halogens is 4. The molecule has 1 aromatic carbocycles. The molecule has 0 radical (unpaired) electrons. The number of hydrogen-bond acceptors (Lipinski definition) is 4. The fraction of sp³-hybridized carbons (Fsp3) is 0.0769.